The first-order valence-corrected chi connectivity index (χ1v) is 8.58. The summed E-state index contributed by atoms with van der Waals surface area (Å²) in [6, 6.07) is 12.6. The Kier molecular flexibility index (Phi) is 5.41. The van der Waals surface area contributed by atoms with E-state index in [9.17, 15) is 4.79 Å². The van der Waals surface area contributed by atoms with E-state index in [2.05, 4.69) is 46.7 Å². The minimum absolute atomic E-state index is 0.259. The second-order valence-electron chi connectivity index (χ2n) is 6.40. The molecule has 0 saturated carbocycles. The summed E-state index contributed by atoms with van der Waals surface area (Å²) in [5.41, 5.74) is 2.48. The zero-order valence-electron chi connectivity index (χ0n) is 14.1. The van der Waals surface area contributed by atoms with Gasteiger partial charge in [0.05, 0.1) is 0 Å². The third-order valence-corrected chi connectivity index (χ3v) is 4.48. The Morgan fingerprint density at radius 3 is 2.79 bits per heavy atom. The van der Waals surface area contributed by atoms with E-state index < -0.39 is 0 Å². The summed E-state index contributed by atoms with van der Waals surface area (Å²) in [5.74, 6) is 1.07. The average Bonchev–Trinajstić information content (AvgIpc) is 2.61. The fourth-order valence-corrected chi connectivity index (χ4v) is 3.14. The summed E-state index contributed by atoms with van der Waals surface area (Å²) < 4.78 is 0. The lowest BCUT2D eigenvalue weighted by Gasteiger charge is -2.32. The minimum atomic E-state index is 0.259. The topological polar surface area (TPSA) is 58.1 Å². The molecule has 1 saturated heterocycles. The van der Waals surface area contributed by atoms with Crippen molar-refractivity contribution < 1.29 is 4.79 Å². The van der Waals surface area contributed by atoms with Gasteiger partial charge in [-0.1, -0.05) is 29.8 Å². The molecule has 1 aliphatic rings. The standard InChI is InChI=1S/C19H24N4O/c1-15-4-2-5-16(14-15)7-8-19(24)23-12-9-17(10-13-23)21-18-6-3-11-20-22-18/h2-6,11,14,17H,7-10,12-13H2,1H3,(H,21,22). The van der Waals surface area contributed by atoms with Crippen LogP contribution in [0.3, 0.4) is 0 Å². The van der Waals surface area contributed by atoms with E-state index in [0.29, 0.717) is 12.5 Å². The van der Waals surface area contributed by atoms with Crippen LogP contribution in [0.1, 0.15) is 30.4 Å². The van der Waals surface area contributed by atoms with Gasteiger partial charge in [0.25, 0.3) is 0 Å². The van der Waals surface area contributed by atoms with Crippen LogP contribution >= 0.6 is 0 Å². The molecule has 1 fully saturated rings. The summed E-state index contributed by atoms with van der Waals surface area (Å²) in [7, 11) is 0. The Morgan fingerprint density at radius 2 is 2.08 bits per heavy atom. The second-order valence-corrected chi connectivity index (χ2v) is 6.40. The highest BCUT2D eigenvalue weighted by atomic mass is 16.2. The monoisotopic (exact) mass is 324 g/mol. The van der Waals surface area contributed by atoms with Crippen LogP contribution in [0.5, 0.6) is 0 Å². The van der Waals surface area contributed by atoms with Gasteiger partial charge in [0.2, 0.25) is 5.91 Å². The molecule has 0 unspecified atom stereocenters. The number of benzene rings is 1. The number of hydrogen-bond acceptors (Lipinski definition) is 4. The summed E-state index contributed by atoms with van der Waals surface area (Å²) in [6.07, 6.45) is 4.98. The molecule has 0 bridgehead atoms. The number of aromatic nitrogens is 2. The van der Waals surface area contributed by atoms with Crippen molar-refractivity contribution in [3.05, 3.63) is 53.7 Å². The van der Waals surface area contributed by atoms with E-state index in [1.165, 1.54) is 11.1 Å². The normalized spacial score (nSPS) is 15.3. The van der Waals surface area contributed by atoms with Gasteiger partial charge < -0.3 is 10.2 Å². The van der Waals surface area contributed by atoms with Crippen molar-refractivity contribution in [2.45, 2.75) is 38.6 Å². The van der Waals surface area contributed by atoms with Gasteiger partial charge in [0.1, 0.15) is 5.82 Å². The lowest BCUT2D eigenvalue weighted by Crippen LogP contribution is -2.42. The quantitative estimate of drug-likeness (QED) is 0.919. The molecule has 0 radical (unpaired) electrons. The van der Waals surface area contributed by atoms with Gasteiger partial charge in [0.15, 0.2) is 0 Å². The molecule has 1 aromatic carbocycles. The zero-order chi connectivity index (χ0) is 16.8. The van der Waals surface area contributed by atoms with Crippen LogP contribution in [0.2, 0.25) is 0 Å². The van der Waals surface area contributed by atoms with E-state index in [0.717, 1.165) is 38.2 Å². The summed E-state index contributed by atoms with van der Waals surface area (Å²) in [4.78, 5) is 14.4. The molecule has 0 atom stereocenters. The number of nitrogens with zero attached hydrogens (tertiary/aromatic N) is 3. The van der Waals surface area contributed by atoms with Crippen molar-refractivity contribution >= 4 is 11.7 Å². The van der Waals surface area contributed by atoms with Gasteiger partial charge in [0, 0.05) is 31.7 Å². The van der Waals surface area contributed by atoms with Crippen molar-refractivity contribution in [1.29, 1.82) is 0 Å². The summed E-state index contributed by atoms with van der Waals surface area (Å²) in [5, 5.41) is 11.3. The van der Waals surface area contributed by atoms with Crippen molar-refractivity contribution in [3.63, 3.8) is 0 Å². The Hall–Kier alpha value is -2.43. The van der Waals surface area contributed by atoms with Gasteiger partial charge in [-0.05, 0) is 43.9 Å². The second kappa shape index (κ2) is 7.90. The number of hydrogen-bond donors (Lipinski definition) is 1. The number of carbonyl (C=O) groups excluding carboxylic acids is 1. The van der Waals surface area contributed by atoms with Crippen molar-refractivity contribution in [2.75, 3.05) is 18.4 Å². The predicted octanol–water partition coefficient (Wildman–Crippen LogP) is 2.82. The van der Waals surface area contributed by atoms with Crippen LogP contribution < -0.4 is 5.32 Å². The van der Waals surface area contributed by atoms with Crippen LogP contribution in [0.15, 0.2) is 42.6 Å². The van der Waals surface area contributed by atoms with Gasteiger partial charge in [-0.3, -0.25) is 4.79 Å². The maximum atomic E-state index is 12.4. The highest BCUT2D eigenvalue weighted by molar-refractivity contribution is 5.76. The van der Waals surface area contributed by atoms with E-state index in [-0.39, 0.29) is 5.91 Å². The highest BCUT2D eigenvalue weighted by Crippen LogP contribution is 2.16. The third kappa shape index (κ3) is 4.54. The summed E-state index contributed by atoms with van der Waals surface area (Å²) in [6.45, 7) is 3.70. The van der Waals surface area contributed by atoms with Crippen LogP contribution in [-0.2, 0) is 11.2 Å². The minimum Gasteiger partial charge on any atom is -0.366 e. The molecule has 5 heteroatoms. The molecule has 3 rings (SSSR count). The number of carbonyl (C=O) groups is 1. The fraction of sp³-hybridized carbons (Fsp3) is 0.421. The first-order chi connectivity index (χ1) is 11.7. The lowest BCUT2D eigenvalue weighted by molar-refractivity contribution is -0.132. The molecule has 126 valence electrons. The Bertz CT molecular complexity index is 666. The maximum Gasteiger partial charge on any atom is 0.222 e. The largest absolute Gasteiger partial charge is 0.366 e. The fourth-order valence-electron chi connectivity index (χ4n) is 3.14. The zero-order valence-corrected chi connectivity index (χ0v) is 14.1. The predicted molar refractivity (Wildman–Crippen MR) is 94.8 cm³/mol. The van der Waals surface area contributed by atoms with Crippen LogP contribution in [0.4, 0.5) is 5.82 Å². The summed E-state index contributed by atoms with van der Waals surface area (Å²) >= 11 is 0. The highest BCUT2D eigenvalue weighted by Gasteiger charge is 2.22. The number of amides is 1. The number of piperidine rings is 1. The van der Waals surface area contributed by atoms with E-state index in [1.807, 2.05) is 17.0 Å². The number of anilines is 1. The van der Waals surface area contributed by atoms with Crippen molar-refractivity contribution in [2.24, 2.45) is 0 Å². The van der Waals surface area contributed by atoms with Gasteiger partial charge >= 0.3 is 0 Å². The molecular weight excluding hydrogens is 300 g/mol. The van der Waals surface area contributed by atoms with Crippen molar-refractivity contribution in [1.82, 2.24) is 15.1 Å². The van der Waals surface area contributed by atoms with E-state index >= 15 is 0 Å². The molecule has 5 nitrogen and oxygen atoms in total. The van der Waals surface area contributed by atoms with E-state index in [4.69, 9.17) is 0 Å². The average molecular weight is 324 g/mol. The molecule has 0 aliphatic carbocycles. The van der Waals surface area contributed by atoms with Gasteiger partial charge in [-0.25, -0.2) is 0 Å². The third-order valence-electron chi connectivity index (χ3n) is 4.48. The molecule has 0 spiro atoms. The molecule has 1 aromatic heterocycles. The SMILES string of the molecule is Cc1cccc(CCC(=O)N2CCC(Nc3cccnn3)CC2)c1. The van der Waals surface area contributed by atoms with Crippen molar-refractivity contribution in [3.8, 4) is 0 Å². The Balaban J connectivity index is 1.43. The molecule has 2 heterocycles. The number of aryl methyl sites for hydroxylation is 2. The van der Waals surface area contributed by atoms with Gasteiger partial charge in [-0.15, -0.1) is 5.10 Å². The molecule has 1 N–H and O–H groups in total. The maximum absolute atomic E-state index is 12.4. The molecule has 1 aliphatic heterocycles. The van der Waals surface area contributed by atoms with Crippen LogP contribution in [0.25, 0.3) is 0 Å². The molecule has 24 heavy (non-hydrogen) atoms. The Morgan fingerprint density at radius 1 is 1.25 bits per heavy atom. The number of likely N-dealkylation sites (tertiary alicyclic amines) is 1. The smallest absolute Gasteiger partial charge is 0.222 e. The van der Waals surface area contributed by atoms with Crippen LogP contribution in [-0.4, -0.2) is 40.1 Å². The van der Waals surface area contributed by atoms with E-state index in [1.54, 1.807) is 6.20 Å². The number of rotatable bonds is 5. The first kappa shape index (κ1) is 16.4. The molecule has 1 amide bonds. The number of nitrogens with one attached hydrogen (secondary N) is 1. The Labute approximate surface area is 143 Å². The molecular formula is C19H24N4O. The van der Waals surface area contributed by atoms with Crippen LogP contribution in [0, 0.1) is 6.92 Å². The van der Waals surface area contributed by atoms with Gasteiger partial charge in [-0.2, -0.15) is 5.10 Å². The lowest BCUT2D eigenvalue weighted by atomic mass is 10.0. The first-order valence-electron chi connectivity index (χ1n) is 8.58. The molecule has 2 aromatic rings.